The van der Waals surface area contributed by atoms with Crippen molar-refractivity contribution in [3.63, 3.8) is 0 Å². The normalized spacial score (nSPS) is 11.7. The Kier molecular flexibility index (Phi) is 11.0. The fourth-order valence-electron chi connectivity index (χ4n) is 3.52. The lowest BCUT2D eigenvalue weighted by atomic mass is 10.0. The molecule has 0 radical (unpaired) electrons. The largest absolute Gasteiger partial charge is 0.478 e. The SMILES string of the molecule is CC(C)C[C@H](NC(=O)CNC(=O)c1cccc(CNC(=O)OC(C)(C)C)c1)C(=O)Nc1ccccc1C(=O)O. The molecule has 4 amide bonds. The molecule has 0 heterocycles. The third kappa shape index (κ3) is 10.8. The molecule has 0 aliphatic rings. The van der Waals surface area contributed by atoms with Gasteiger partial charge in [-0.3, -0.25) is 14.4 Å². The van der Waals surface area contributed by atoms with E-state index in [4.69, 9.17) is 4.74 Å². The number of para-hydroxylation sites is 1. The van der Waals surface area contributed by atoms with Crippen molar-refractivity contribution in [3.05, 3.63) is 65.2 Å². The van der Waals surface area contributed by atoms with Crippen LogP contribution in [0.3, 0.4) is 0 Å². The molecule has 2 aromatic rings. The Hall–Kier alpha value is -4.41. The average molecular weight is 541 g/mol. The molecule has 39 heavy (non-hydrogen) atoms. The Morgan fingerprint density at radius 2 is 1.64 bits per heavy atom. The van der Waals surface area contributed by atoms with Crippen LogP contribution in [-0.4, -0.2) is 53.1 Å². The Morgan fingerprint density at radius 1 is 0.949 bits per heavy atom. The van der Waals surface area contributed by atoms with E-state index in [-0.39, 0.29) is 35.8 Å². The molecule has 0 unspecified atom stereocenters. The third-order valence-electron chi connectivity index (χ3n) is 5.21. The van der Waals surface area contributed by atoms with Crippen LogP contribution >= 0.6 is 0 Å². The van der Waals surface area contributed by atoms with Gasteiger partial charge < -0.3 is 31.1 Å². The molecule has 0 spiro atoms. The maximum Gasteiger partial charge on any atom is 0.407 e. The van der Waals surface area contributed by atoms with Crippen LogP contribution in [0.2, 0.25) is 0 Å². The van der Waals surface area contributed by atoms with Crippen LogP contribution in [0.25, 0.3) is 0 Å². The minimum atomic E-state index is -1.19. The number of alkyl carbamates (subject to hydrolysis) is 1. The number of amides is 4. The Labute approximate surface area is 227 Å². The lowest BCUT2D eigenvalue weighted by Gasteiger charge is -2.21. The number of benzene rings is 2. The van der Waals surface area contributed by atoms with Gasteiger partial charge in [0.1, 0.15) is 11.6 Å². The van der Waals surface area contributed by atoms with Gasteiger partial charge in [-0.05, 0) is 62.9 Å². The van der Waals surface area contributed by atoms with Crippen LogP contribution in [0.4, 0.5) is 10.5 Å². The first kappa shape index (κ1) is 30.8. The van der Waals surface area contributed by atoms with E-state index in [2.05, 4.69) is 21.3 Å². The van der Waals surface area contributed by atoms with Gasteiger partial charge in [0, 0.05) is 12.1 Å². The average Bonchev–Trinajstić information content (AvgIpc) is 2.84. The van der Waals surface area contributed by atoms with Gasteiger partial charge in [-0.15, -0.1) is 0 Å². The number of rotatable bonds is 11. The summed E-state index contributed by atoms with van der Waals surface area (Å²) in [5.74, 6) is -2.81. The Balaban J connectivity index is 1.96. The number of aromatic carboxylic acids is 1. The second-order valence-electron chi connectivity index (χ2n) is 10.3. The highest BCUT2D eigenvalue weighted by molar-refractivity contribution is 6.03. The Bertz CT molecular complexity index is 1200. The molecule has 0 aliphatic heterocycles. The van der Waals surface area contributed by atoms with Crippen molar-refractivity contribution in [1.29, 1.82) is 0 Å². The first-order chi connectivity index (χ1) is 18.2. The summed E-state index contributed by atoms with van der Waals surface area (Å²) in [7, 11) is 0. The minimum Gasteiger partial charge on any atom is -0.478 e. The zero-order valence-electron chi connectivity index (χ0n) is 22.8. The molecule has 0 aliphatic carbocycles. The monoisotopic (exact) mass is 540 g/mol. The summed E-state index contributed by atoms with van der Waals surface area (Å²) in [6, 6.07) is 11.6. The number of carboxylic acid groups (broad SMARTS) is 1. The molecule has 0 bridgehead atoms. The van der Waals surface area contributed by atoms with Crippen molar-refractivity contribution in [2.75, 3.05) is 11.9 Å². The van der Waals surface area contributed by atoms with E-state index in [1.165, 1.54) is 12.1 Å². The van der Waals surface area contributed by atoms with Gasteiger partial charge in [-0.1, -0.05) is 38.1 Å². The summed E-state index contributed by atoms with van der Waals surface area (Å²) in [5.41, 5.74) is 0.356. The number of ether oxygens (including phenoxy) is 1. The first-order valence-corrected chi connectivity index (χ1v) is 12.5. The topological polar surface area (TPSA) is 163 Å². The highest BCUT2D eigenvalue weighted by atomic mass is 16.6. The predicted molar refractivity (Wildman–Crippen MR) is 145 cm³/mol. The molecule has 11 heteroatoms. The molecule has 1 atom stereocenters. The van der Waals surface area contributed by atoms with Gasteiger partial charge in [0.15, 0.2) is 0 Å². The van der Waals surface area contributed by atoms with Crippen LogP contribution in [0.5, 0.6) is 0 Å². The molecule has 0 saturated carbocycles. The molecule has 0 saturated heterocycles. The number of carbonyl (C=O) groups is 5. The standard InChI is InChI=1S/C28H36N4O7/c1-17(2)13-22(25(35)32-21-12-7-6-11-20(21)26(36)37)31-23(33)16-29-24(34)19-10-8-9-18(14-19)15-30-27(38)39-28(3,4)5/h6-12,14,17,22H,13,15-16H2,1-5H3,(H,29,34)(H,30,38)(H,31,33)(H,32,35)(H,36,37)/t22-/m0/s1. The van der Waals surface area contributed by atoms with Crippen molar-refractivity contribution < 1.29 is 33.8 Å². The van der Waals surface area contributed by atoms with Gasteiger partial charge in [0.05, 0.1) is 17.8 Å². The quantitative estimate of drug-likeness (QED) is 0.292. The van der Waals surface area contributed by atoms with E-state index in [1.807, 2.05) is 13.8 Å². The number of carbonyl (C=O) groups excluding carboxylic acids is 4. The molecule has 210 valence electrons. The van der Waals surface area contributed by atoms with Crippen molar-refractivity contribution in [1.82, 2.24) is 16.0 Å². The Morgan fingerprint density at radius 3 is 2.28 bits per heavy atom. The maximum absolute atomic E-state index is 12.9. The van der Waals surface area contributed by atoms with E-state index in [0.717, 1.165) is 0 Å². The lowest BCUT2D eigenvalue weighted by molar-refractivity contribution is -0.126. The molecule has 2 rings (SSSR count). The molecule has 2 aromatic carbocycles. The van der Waals surface area contributed by atoms with E-state index >= 15 is 0 Å². The number of nitrogens with one attached hydrogen (secondary N) is 4. The van der Waals surface area contributed by atoms with Crippen molar-refractivity contribution >= 4 is 35.5 Å². The molecule has 5 N–H and O–H groups in total. The summed E-state index contributed by atoms with van der Waals surface area (Å²) in [5, 5.41) is 19.7. The summed E-state index contributed by atoms with van der Waals surface area (Å²) >= 11 is 0. The zero-order valence-corrected chi connectivity index (χ0v) is 22.8. The summed E-state index contributed by atoms with van der Waals surface area (Å²) in [6.07, 6.45) is -0.284. The van der Waals surface area contributed by atoms with E-state index < -0.39 is 41.4 Å². The molecule has 0 fully saturated rings. The van der Waals surface area contributed by atoms with Gasteiger partial charge >= 0.3 is 12.1 Å². The van der Waals surface area contributed by atoms with Gasteiger partial charge in [0.25, 0.3) is 5.91 Å². The zero-order chi connectivity index (χ0) is 29.2. The third-order valence-corrected chi connectivity index (χ3v) is 5.21. The second-order valence-corrected chi connectivity index (χ2v) is 10.3. The van der Waals surface area contributed by atoms with Gasteiger partial charge in [-0.25, -0.2) is 9.59 Å². The van der Waals surface area contributed by atoms with Crippen LogP contribution in [0.15, 0.2) is 48.5 Å². The number of carboxylic acids is 1. The van der Waals surface area contributed by atoms with Crippen LogP contribution in [-0.2, 0) is 20.9 Å². The fraction of sp³-hybridized carbons (Fsp3) is 0.393. The number of hydrogen-bond donors (Lipinski definition) is 5. The van der Waals surface area contributed by atoms with Crippen LogP contribution < -0.4 is 21.3 Å². The summed E-state index contributed by atoms with van der Waals surface area (Å²) in [6.45, 7) is 8.78. The van der Waals surface area contributed by atoms with E-state index in [0.29, 0.717) is 12.0 Å². The number of hydrogen-bond acceptors (Lipinski definition) is 6. The van der Waals surface area contributed by atoms with Crippen molar-refractivity contribution in [2.24, 2.45) is 5.92 Å². The second kappa shape index (κ2) is 13.9. The summed E-state index contributed by atoms with van der Waals surface area (Å²) in [4.78, 5) is 61.4. The molecule has 11 nitrogen and oxygen atoms in total. The predicted octanol–water partition coefficient (Wildman–Crippen LogP) is 3.31. The highest BCUT2D eigenvalue weighted by Crippen LogP contribution is 2.16. The van der Waals surface area contributed by atoms with Crippen molar-refractivity contribution in [3.8, 4) is 0 Å². The number of anilines is 1. The molecular weight excluding hydrogens is 504 g/mol. The van der Waals surface area contributed by atoms with Gasteiger partial charge in [-0.2, -0.15) is 0 Å². The van der Waals surface area contributed by atoms with Crippen LogP contribution in [0, 0.1) is 5.92 Å². The van der Waals surface area contributed by atoms with Crippen molar-refractivity contribution in [2.45, 2.75) is 59.2 Å². The lowest BCUT2D eigenvalue weighted by Crippen LogP contribution is -2.48. The first-order valence-electron chi connectivity index (χ1n) is 12.5. The van der Waals surface area contributed by atoms with Crippen LogP contribution in [0.1, 0.15) is 67.3 Å². The van der Waals surface area contributed by atoms with E-state index in [1.54, 1.807) is 57.2 Å². The molecule has 0 aromatic heterocycles. The highest BCUT2D eigenvalue weighted by Gasteiger charge is 2.24. The minimum absolute atomic E-state index is 0.0439. The maximum atomic E-state index is 12.9. The van der Waals surface area contributed by atoms with E-state index in [9.17, 15) is 29.1 Å². The molecular formula is C28H36N4O7. The fourth-order valence-corrected chi connectivity index (χ4v) is 3.52. The summed E-state index contributed by atoms with van der Waals surface area (Å²) < 4.78 is 5.20. The smallest absolute Gasteiger partial charge is 0.407 e. The van der Waals surface area contributed by atoms with Gasteiger partial charge in [0.2, 0.25) is 11.8 Å².